The van der Waals surface area contributed by atoms with Crippen molar-refractivity contribution in [3.8, 4) is 0 Å². The molecule has 0 aromatic rings. The zero-order valence-electron chi connectivity index (χ0n) is 8.03. The van der Waals surface area contributed by atoms with Crippen molar-refractivity contribution in [2.24, 2.45) is 0 Å². The van der Waals surface area contributed by atoms with Crippen molar-refractivity contribution in [3.63, 3.8) is 0 Å². The third-order valence-corrected chi connectivity index (χ3v) is 1.63. The van der Waals surface area contributed by atoms with E-state index in [1.165, 1.54) is 0 Å². The van der Waals surface area contributed by atoms with E-state index < -0.39 is 37.9 Å². The fourth-order valence-corrected chi connectivity index (χ4v) is 0.977. The average molecular weight is 225 g/mol. The van der Waals surface area contributed by atoms with Crippen LogP contribution in [0.1, 0.15) is 12.8 Å². The maximum atomic E-state index is 12.0. The lowest BCUT2D eigenvalue weighted by Gasteiger charge is -2.20. The zero-order valence-corrected chi connectivity index (χ0v) is 8.03. The Balaban J connectivity index is 4.09. The second-order valence-corrected chi connectivity index (χ2v) is 2.85. The number of amides is 1. The van der Waals surface area contributed by atoms with Gasteiger partial charge in [0.05, 0.1) is 19.6 Å². The van der Waals surface area contributed by atoms with Crippen LogP contribution in [0.3, 0.4) is 0 Å². The Morgan fingerprint density at radius 2 is 1.87 bits per heavy atom. The molecule has 0 spiro atoms. The summed E-state index contributed by atoms with van der Waals surface area (Å²) in [5, 5.41) is 16.8. The number of halogens is 2. The van der Waals surface area contributed by atoms with Gasteiger partial charge in [-0.15, -0.1) is 0 Å². The van der Waals surface area contributed by atoms with E-state index >= 15 is 0 Å². The first kappa shape index (κ1) is 13.8. The quantitative estimate of drug-likeness (QED) is 0.636. The van der Waals surface area contributed by atoms with Gasteiger partial charge in [-0.25, -0.2) is 8.78 Å². The maximum Gasteiger partial charge on any atom is 0.303 e. The molecule has 15 heavy (non-hydrogen) atoms. The van der Waals surface area contributed by atoms with Gasteiger partial charge in [0.2, 0.25) is 5.91 Å². The van der Waals surface area contributed by atoms with Gasteiger partial charge in [0.25, 0.3) is 6.43 Å². The first-order chi connectivity index (χ1) is 6.97. The van der Waals surface area contributed by atoms with Crippen LogP contribution in [0.5, 0.6) is 0 Å². The second-order valence-electron chi connectivity index (χ2n) is 2.85. The third kappa shape index (κ3) is 6.78. The summed E-state index contributed by atoms with van der Waals surface area (Å²) in [6.07, 6.45) is -3.42. The van der Waals surface area contributed by atoms with Gasteiger partial charge < -0.3 is 15.1 Å². The number of aliphatic carboxylic acids is 1. The number of carbonyl (C=O) groups excluding carboxylic acids is 1. The topological polar surface area (TPSA) is 77.8 Å². The summed E-state index contributed by atoms with van der Waals surface area (Å²) in [6.45, 7) is -1.41. The Morgan fingerprint density at radius 3 is 2.27 bits per heavy atom. The van der Waals surface area contributed by atoms with Crippen LogP contribution in [-0.4, -0.2) is 53.1 Å². The zero-order chi connectivity index (χ0) is 11.8. The van der Waals surface area contributed by atoms with Gasteiger partial charge in [-0.05, 0) is 0 Å². The molecule has 0 radical (unpaired) electrons. The van der Waals surface area contributed by atoms with Crippen LogP contribution < -0.4 is 0 Å². The number of nitrogens with zero attached hydrogens (tertiary/aromatic N) is 1. The Hall–Kier alpha value is -1.24. The van der Waals surface area contributed by atoms with Crippen LogP contribution in [0.15, 0.2) is 0 Å². The van der Waals surface area contributed by atoms with E-state index in [4.69, 9.17) is 10.2 Å². The fourth-order valence-electron chi connectivity index (χ4n) is 0.977. The van der Waals surface area contributed by atoms with E-state index in [0.29, 0.717) is 0 Å². The highest BCUT2D eigenvalue weighted by Crippen LogP contribution is 2.02. The average Bonchev–Trinajstić information content (AvgIpc) is 2.12. The predicted molar refractivity (Wildman–Crippen MR) is 46.5 cm³/mol. The van der Waals surface area contributed by atoms with E-state index in [2.05, 4.69) is 0 Å². The minimum atomic E-state index is -2.69. The highest BCUT2D eigenvalue weighted by atomic mass is 19.3. The molecule has 1 amide bonds. The molecular weight excluding hydrogens is 212 g/mol. The van der Waals surface area contributed by atoms with Crippen LogP contribution in [0.25, 0.3) is 0 Å². The summed E-state index contributed by atoms with van der Waals surface area (Å²) in [5.74, 6) is -1.85. The minimum Gasteiger partial charge on any atom is -0.481 e. The Labute approximate surface area is 85.3 Å². The smallest absolute Gasteiger partial charge is 0.303 e. The van der Waals surface area contributed by atoms with Crippen LogP contribution in [0, 0.1) is 0 Å². The molecule has 5 nitrogen and oxygen atoms in total. The van der Waals surface area contributed by atoms with Crippen LogP contribution in [0.2, 0.25) is 0 Å². The summed E-state index contributed by atoms with van der Waals surface area (Å²) < 4.78 is 24.0. The van der Waals surface area contributed by atoms with Crippen molar-refractivity contribution in [1.82, 2.24) is 4.90 Å². The number of carboxylic acids is 1. The molecule has 0 atom stereocenters. The normalized spacial score (nSPS) is 10.4. The molecule has 0 saturated carbocycles. The maximum absolute atomic E-state index is 12.0. The fraction of sp³-hybridized carbons (Fsp3) is 0.750. The molecule has 0 aliphatic rings. The van der Waals surface area contributed by atoms with E-state index in [1.54, 1.807) is 0 Å². The highest BCUT2D eigenvalue weighted by Gasteiger charge is 2.18. The number of hydrogen-bond acceptors (Lipinski definition) is 3. The standard InChI is InChI=1S/C8H13F2NO4/c9-6(10)5-11(3-4-12)7(13)1-2-8(14)15/h6,12H,1-5H2,(H,14,15). The molecule has 0 unspecified atom stereocenters. The third-order valence-electron chi connectivity index (χ3n) is 1.63. The first-order valence-corrected chi connectivity index (χ1v) is 4.36. The van der Waals surface area contributed by atoms with E-state index in [1.807, 2.05) is 0 Å². The molecule has 0 aromatic carbocycles. The number of aliphatic hydroxyl groups excluding tert-OH is 1. The van der Waals surface area contributed by atoms with Gasteiger partial charge >= 0.3 is 5.97 Å². The lowest BCUT2D eigenvalue weighted by Crippen LogP contribution is -2.37. The highest BCUT2D eigenvalue weighted by molar-refractivity contribution is 5.80. The van der Waals surface area contributed by atoms with Crippen LogP contribution >= 0.6 is 0 Å². The lowest BCUT2D eigenvalue weighted by molar-refractivity contribution is -0.141. The molecule has 0 fully saturated rings. The van der Waals surface area contributed by atoms with Gasteiger partial charge in [-0.1, -0.05) is 0 Å². The Morgan fingerprint density at radius 1 is 1.27 bits per heavy atom. The molecule has 0 bridgehead atoms. The molecule has 0 saturated heterocycles. The summed E-state index contributed by atoms with van der Waals surface area (Å²) >= 11 is 0. The van der Waals surface area contributed by atoms with E-state index in [0.717, 1.165) is 4.90 Å². The van der Waals surface area contributed by atoms with Gasteiger partial charge in [-0.2, -0.15) is 0 Å². The Kier molecular flexibility index (Phi) is 6.52. The SMILES string of the molecule is O=C(O)CCC(=O)N(CCO)CC(F)F. The summed E-state index contributed by atoms with van der Waals surface area (Å²) in [5.41, 5.74) is 0. The summed E-state index contributed by atoms with van der Waals surface area (Å²) in [7, 11) is 0. The minimum absolute atomic E-state index is 0.206. The van der Waals surface area contributed by atoms with Crippen molar-refractivity contribution in [1.29, 1.82) is 0 Å². The van der Waals surface area contributed by atoms with Crippen molar-refractivity contribution < 1.29 is 28.6 Å². The molecule has 0 aliphatic carbocycles. The van der Waals surface area contributed by atoms with Crippen LogP contribution in [-0.2, 0) is 9.59 Å². The van der Waals surface area contributed by atoms with E-state index in [-0.39, 0.29) is 13.0 Å². The van der Waals surface area contributed by atoms with Gasteiger partial charge in [0.15, 0.2) is 0 Å². The van der Waals surface area contributed by atoms with Crippen molar-refractivity contribution >= 4 is 11.9 Å². The molecule has 0 aliphatic heterocycles. The summed E-state index contributed by atoms with van der Waals surface area (Å²) in [6, 6.07) is 0. The molecule has 0 rings (SSSR count). The first-order valence-electron chi connectivity index (χ1n) is 4.36. The second kappa shape index (κ2) is 7.10. The Bertz CT molecular complexity index is 223. The van der Waals surface area contributed by atoms with Gasteiger partial charge in [0, 0.05) is 13.0 Å². The molecule has 7 heteroatoms. The number of aliphatic hydroxyl groups is 1. The van der Waals surface area contributed by atoms with Crippen molar-refractivity contribution in [2.45, 2.75) is 19.3 Å². The number of carbonyl (C=O) groups is 2. The van der Waals surface area contributed by atoms with E-state index in [9.17, 15) is 18.4 Å². The predicted octanol–water partition coefficient (Wildman–Crippen LogP) is -0.0628. The molecule has 0 aromatic heterocycles. The van der Waals surface area contributed by atoms with Crippen LogP contribution in [0.4, 0.5) is 8.78 Å². The van der Waals surface area contributed by atoms with Crippen molar-refractivity contribution in [2.75, 3.05) is 19.7 Å². The number of alkyl halides is 2. The summed E-state index contributed by atoms with van der Waals surface area (Å²) in [4.78, 5) is 22.1. The molecular formula is C8H13F2NO4. The molecule has 2 N–H and O–H groups in total. The number of hydrogen-bond donors (Lipinski definition) is 2. The van der Waals surface area contributed by atoms with Gasteiger partial charge in [0.1, 0.15) is 0 Å². The number of carboxylic acid groups (broad SMARTS) is 1. The van der Waals surface area contributed by atoms with Gasteiger partial charge in [-0.3, -0.25) is 9.59 Å². The van der Waals surface area contributed by atoms with Crippen molar-refractivity contribution in [3.05, 3.63) is 0 Å². The monoisotopic (exact) mass is 225 g/mol. The molecule has 88 valence electrons. The number of rotatable bonds is 7. The lowest BCUT2D eigenvalue weighted by atomic mass is 10.2. The largest absolute Gasteiger partial charge is 0.481 e. The molecule has 0 heterocycles.